The summed E-state index contributed by atoms with van der Waals surface area (Å²) in [6.45, 7) is 14.3. The van der Waals surface area contributed by atoms with E-state index in [4.69, 9.17) is 30.5 Å². The van der Waals surface area contributed by atoms with Crippen LogP contribution in [-0.4, -0.2) is 25.1 Å². The lowest BCUT2D eigenvalue weighted by atomic mass is 9.86. The highest BCUT2D eigenvalue weighted by molar-refractivity contribution is 6.04. The zero-order chi connectivity index (χ0) is 30.6. The molecule has 0 atom stereocenters. The van der Waals surface area contributed by atoms with Crippen molar-refractivity contribution in [2.45, 2.75) is 26.2 Å². The first-order chi connectivity index (χ1) is 20.7. The Kier molecular flexibility index (Phi) is 8.05. The Hall–Kier alpha value is -5.73. The summed E-state index contributed by atoms with van der Waals surface area (Å²) < 4.78 is 22.6. The number of rotatable bonds is 7. The summed E-state index contributed by atoms with van der Waals surface area (Å²) in [5.41, 5.74) is 4.37. The van der Waals surface area contributed by atoms with Crippen molar-refractivity contribution in [1.29, 1.82) is 5.26 Å². The van der Waals surface area contributed by atoms with Crippen molar-refractivity contribution in [3.05, 3.63) is 124 Å². The lowest BCUT2D eigenvalue weighted by molar-refractivity contribution is 0.412. The number of hydrogen-bond donors (Lipinski definition) is 1. The molecule has 0 saturated carbocycles. The average molecular weight is 571 g/mol. The van der Waals surface area contributed by atoms with Crippen LogP contribution in [0.25, 0.3) is 10.4 Å². The first kappa shape index (κ1) is 28.8. The Labute approximate surface area is 251 Å². The van der Waals surface area contributed by atoms with Crippen LogP contribution in [-0.2, 0) is 5.41 Å². The molecule has 0 unspecified atom stereocenters. The number of aromatic nitrogens is 1. The van der Waals surface area contributed by atoms with Gasteiger partial charge in [0.05, 0.1) is 26.5 Å². The average Bonchev–Trinajstić information content (AvgIpc) is 3.61. The molecular weight excluding hydrogens is 540 g/mol. The first-order valence-electron chi connectivity index (χ1n) is 13.5. The van der Waals surface area contributed by atoms with Gasteiger partial charge in [0.1, 0.15) is 34.6 Å². The Morgan fingerprint density at radius 3 is 1.91 bits per heavy atom. The van der Waals surface area contributed by atoms with Crippen molar-refractivity contribution in [2.75, 3.05) is 14.2 Å². The van der Waals surface area contributed by atoms with Crippen molar-refractivity contribution < 1.29 is 18.9 Å². The van der Waals surface area contributed by atoms with Crippen LogP contribution in [0.3, 0.4) is 0 Å². The van der Waals surface area contributed by atoms with Gasteiger partial charge in [-0.2, -0.15) is 5.26 Å². The highest BCUT2D eigenvalue weighted by atomic mass is 16.5. The number of nitrogens with one attached hydrogen (secondary N) is 1. The van der Waals surface area contributed by atoms with Crippen molar-refractivity contribution in [1.82, 2.24) is 4.98 Å². The molecule has 1 aromatic heterocycles. The fourth-order valence-electron chi connectivity index (χ4n) is 4.50. The SMILES string of the molecule is [C-]#[N+]c1cc(/C(=C2/C=C(C#N)C(Oc3ccc(OC)cc3)=N2)c2ccc(C(C)(C)C)cc2)[nH]c1Oc1ccc(OC)cc1. The van der Waals surface area contributed by atoms with Crippen LogP contribution in [0, 0.1) is 17.9 Å². The summed E-state index contributed by atoms with van der Waals surface area (Å²) >= 11 is 0. The quantitative estimate of drug-likeness (QED) is 0.225. The lowest BCUT2D eigenvalue weighted by Crippen LogP contribution is -2.10. The van der Waals surface area contributed by atoms with Gasteiger partial charge in [-0.1, -0.05) is 45.0 Å². The molecule has 43 heavy (non-hydrogen) atoms. The molecule has 8 heteroatoms. The van der Waals surface area contributed by atoms with Crippen LogP contribution >= 0.6 is 0 Å². The topological polar surface area (TPSA) is 93.2 Å². The molecule has 8 nitrogen and oxygen atoms in total. The number of allylic oxidation sites excluding steroid dienone is 1. The number of aromatic amines is 1. The lowest BCUT2D eigenvalue weighted by Gasteiger charge is -2.19. The second-order valence-corrected chi connectivity index (χ2v) is 10.7. The minimum absolute atomic E-state index is 0.0341. The maximum absolute atomic E-state index is 9.95. The predicted octanol–water partition coefficient (Wildman–Crippen LogP) is 8.37. The Bertz CT molecular complexity index is 1810. The van der Waals surface area contributed by atoms with Crippen molar-refractivity contribution >= 4 is 17.2 Å². The van der Waals surface area contributed by atoms with Gasteiger partial charge in [-0.15, -0.1) is 0 Å². The summed E-state index contributed by atoms with van der Waals surface area (Å²) in [6, 6.07) is 26.3. The monoisotopic (exact) mass is 570 g/mol. The molecule has 0 saturated heterocycles. The molecule has 1 aliphatic heterocycles. The first-order valence-corrected chi connectivity index (χ1v) is 13.5. The van der Waals surface area contributed by atoms with Crippen LogP contribution in [0.4, 0.5) is 5.69 Å². The summed E-state index contributed by atoms with van der Waals surface area (Å²) in [5.74, 6) is 2.92. The Balaban J connectivity index is 1.61. The summed E-state index contributed by atoms with van der Waals surface area (Å²) in [4.78, 5) is 11.7. The molecule has 1 aliphatic rings. The summed E-state index contributed by atoms with van der Waals surface area (Å²) in [6.07, 6.45) is 1.69. The van der Waals surface area contributed by atoms with Crippen LogP contribution in [0.2, 0.25) is 0 Å². The van der Waals surface area contributed by atoms with E-state index in [1.54, 1.807) is 74.9 Å². The van der Waals surface area contributed by atoms with Crippen molar-refractivity contribution in [2.24, 2.45) is 4.99 Å². The van der Waals surface area contributed by atoms with Crippen molar-refractivity contribution in [3.63, 3.8) is 0 Å². The molecule has 0 aliphatic carbocycles. The van der Waals surface area contributed by atoms with Gasteiger partial charge >= 0.3 is 0 Å². The minimum atomic E-state index is -0.0341. The van der Waals surface area contributed by atoms with Crippen LogP contribution in [0.15, 0.2) is 101 Å². The molecule has 2 heterocycles. The van der Waals surface area contributed by atoms with Gasteiger partial charge in [0.15, 0.2) is 0 Å². The van der Waals surface area contributed by atoms with E-state index in [-0.39, 0.29) is 16.9 Å². The van der Waals surface area contributed by atoms with Gasteiger partial charge < -0.3 is 23.9 Å². The zero-order valence-corrected chi connectivity index (χ0v) is 24.6. The van der Waals surface area contributed by atoms with E-state index in [0.29, 0.717) is 51.5 Å². The number of aliphatic imine (C=N–C) groups is 1. The number of methoxy groups -OCH3 is 2. The van der Waals surface area contributed by atoms with Gasteiger partial charge in [0, 0.05) is 11.3 Å². The number of H-pyrrole nitrogens is 1. The third kappa shape index (κ3) is 6.29. The highest BCUT2D eigenvalue weighted by Crippen LogP contribution is 2.39. The van der Waals surface area contributed by atoms with Gasteiger partial charge in [-0.25, -0.2) is 9.84 Å². The largest absolute Gasteiger partial charge is 0.497 e. The third-order valence-electron chi connectivity index (χ3n) is 6.85. The van der Waals surface area contributed by atoms with E-state index in [1.165, 1.54) is 5.56 Å². The standard InChI is InChI=1S/C35H30N4O4/c1-35(2,3)24-9-7-22(8-10-24)32(29-19-23(21-36)33(38-29)42-27-15-11-25(40-5)12-16-27)30-20-31(37-4)34(39-30)43-28-17-13-26(41-6)14-18-28/h7-20,39H,1-3,5-6H3/b32-29-. The molecule has 0 fully saturated rings. The Morgan fingerprint density at radius 1 is 0.837 bits per heavy atom. The van der Waals surface area contributed by atoms with E-state index >= 15 is 0 Å². The maximum atomic E-state index is 9.95. The van der Waals surface area contributed by atoms with E-state index in [1.807, 2.05) is 12.1 Å². The molecule has 4 aromatic rings. The predicted molar refractivity (Wildman–Crippen MR) is 166 cm³/mol. The van der Waals surface area contributed by atoms with Crippen LogP contribution in [0.5, 0.6) is 28.9 Å². The molecule has 0 radical (unpaired) electrons. The third-order valence-corrected chi connectivity index (χ3v) is 6.85. The normalized spacial score (nSPS) is 13.7. The van der Waals surface area contributed by atoms with E-state index in [2.05, 4.69) is 48.8 Å². The number of ether oxygens (including phenoxy) is 4. The minimum Gasteiger partial charge on any atom is -0.497 e. The number of benzene rings is 3. The molecule has 214 valence electrons. The number of nitrogens with zero attached hydrogens (tertiary/aromatic N) is 3. The molecule has 1 N–H and O–H groups in total. The van der Waals surface area contributed by atoms with Gasteiger partial charge in [-0.05, 0) is 77.2 Å². The van der Waals surface area contributed by atoms with E-state index in [0.717, 1.165) is 5.56 Å². The van der Waals surface area contributed by atoms with Gasteiger partial charge in [-0.3, -0.25) is 0 Å². The van der Waals surface area contributed by atoms with Gasteiger partial charge in [0.25, 0.3) is 0 Å². The van der Waals surface area contributed by atoms with E-state index in [9.17, 15) is 5.26 Å². The Morgan fingerprint density at radius 2 is 1.40 bits per heavy atom. The zero-order valence-electron chi connectivity index (χ0n) is 24.6. The molecule has 0 bridgehead atoms. The maximum Gasteiger partial charge on any atom is 0.247 e. The molecule has 3 aromatic carbocycles. The van der Waals surface area contributed by atoms with Crippen molar-refractivity contribution in [3.8, 4) is 34.9 Å². The summed E-state index contributed by atoms with van der Waals surface area (Å²) in [7, 11) is 3.19. The smallest absolute Gasteiger partial charge is 0.247 e. The van der Waals surface area contributed by atoms with Crippen LogP contribution in [0.1, 0.15) is 37.6 Å². The fourth-order valence-corrected chi connectivity index (χ4v) is 4.50. The second-order valence-electron chi connectivity index (χ2n) is 10.7. The molecule has 0 amide bonds. The highest BCUT2D eigenvalue weighted by Gasteiger charge is 2.24. The second kappa shape index (κ2) is 12.0. The summed E-state index contributed by atoms with van der Waals surface area (Å²) in [5, 5.41) is 9.95. The molecule has 0 spiro atoms. The molecule has 5 rings (SSSR count). The fraction of sp³-hybridized carbons (Fsp3) is 0.171. The van der Waals surface area contributed by atoms with Crippen LogP contribution < -0.4 is 18.9 Å². The van der Waals surface area contributed by atoms with E-state index < -0.39 is 0 Å². The number of nitriles is 1. The molecular formula is C35H30N4O4. The number of hydrogen-bond acceptors (Lipinski definition) is 6. The van der Waals surface area contributed by atoms with Gasteiger partial charge in [0.2, 0.25) is 17.5 Å².